The minimum Gasteiger partial charge on any atom is -0.479 e. The van der Waals surface area contributed by atoms with Crippen LogP contribution < -0.4 is 9.47 Å². The molecule has 0 N–H and O–H groups in total. The van der Waals surface area contributed by atoms with Crippen LogP contribution in [0.5, 0.6) is 11.8 Å². The van der Waals surface area contributed by atoms with Gasteiger partial charge in [0.15, 0.2) is 14.5 Å². The molecule has 0 aliphatic carbocycles. The van der Waals surface area contributed by atoms with E-state index < -0.39 is 26.0 Å². The number of hydrogen-bond acceptors (Lipinski definition) is 7. The van der Waals surface area contributed by atoms with E-state index in [1.54, 1.807) is 12.3 Å². The van der Waals surface area contributed by atoms with Gasteiger partial charge in [0.1, 0.15) is 18.0 Å². The number of rotatable bonds is 9. The predicted octanol–water partition coefficient (Wildman–Crippen LogP) is 4.54. The van der Waals surface area contributed by atoms with Gasteiger partial charge >= 0.3 is 11.6 Å². The van der Waals surface area contributed by atoms with E-state index in [1.165, 1.54) is 18.7 Å². The summed E-state index contributed by atoms with van der Waals surface area (Å²) in [5, 5.41) is 15.8. The first-order chi connectivity index (χ1) is 14.3. The van der Waals surface area contributed by atoms with Crippen molar-refractivity contribution in [3.05, 3.63) is 33.6 Å². The molecule has 0 saturated carbocycles. The van der Waals surface area contributed by atoms with Gasteiger partial charge in [0.2, 0.25) is 5.88 Å². The van der Waals surface area contributed by atoms with E-state index in [2.05, 4.69) is 30.9 Å². The van der Waals surface area contributed by atoms with Crippen LogP contribution in [0.2, 0.25) is 18.1 Å². The second-order valence-electron chi connectivity index (χ2n) is 8.93. The molecule has 2 rings (SSSR count). The zero-order valence-electron chi connectivity index (χ0n) is 19.4. The molecule has 0 saturated heterocycles. The molecule has 31 heavy (non-hydrogen) atoms. The lowest BCUT2D eigenvalue weighted by molar-refractivity contribution is -0.386. The first-order valence-electron chi connectivity index (χ1n) is 9.94. The van der Waals surface area contributed by atoms with Crippen LogP contribution in [0.3, 0.4) is 0 Å². The lowest BCUT2D eigenvalue weighted by Crippen LogP contribution is -2.42. The van der Waals surface area contributed by atoms with E-state index in [0.717, 1.165) is 5.56 Å². The third-order valence-corrected chi connectivity index (χ3v) is 9.96. The van der Waals surface area contributed by atoms with Crippen molar-refractivity contribution in [2.75, 3.05) is 20.3 Å². The lowest BCUT2D eigenvalue weighted by atomic mass is 10.2. The molecule has 172 valence electrons. The average Bonchev–Trinajstić information content (AvgIpc) is 3.00. The summed E-state index contributed by atoms with van der Waals surface area (Å²) in [4.78, 5) is 15.2. The number of ether oxygens (including phenoxy) is 2. The summed E-state index contributed by atoms with van der Waals surface area (Å²) in [5.41, 5.74) is 1.14. The molecule has 0 bridgehead atoms. The highest BCUT2D eigenvalue weighted by molar-refractivity contribution is 6.74. The summed E-state index contributed by atoms with van der Waals surface area (Å²) in [6.45, 7) is 13.1. The first kappa shape index (κ1) is 24.7. The van der Waals surface area contributed by atoms with E-state index in [1.807, 2.05) is 20.0 Å². The Morgan fingerprint density at radius 2 is 1.90 bits per heavy atom. The molecule has 1 atom stereocenters. The number of aromatic nitrogens is 3. The molecule has 0 radical (unpaired) electrons. The second-order valence-corrected chi connectivity index (χ2v) is 13.7. The SMILES string of the molecule is COc1ncc(C)cc1-n1nc(OCC(F)CO[Si](C)(C)C(C)(C)C)c([N+](=O)[O-])c1C. The summed E-state index contributed by atoms with van der Waals surface area (Å²) in [7, 11) is -0.668. The number of nitro groups is 1. The Hall–Kier alpha value is -2.53. The Morgan fingerprint density at radius 3 is 2.45 bits per heavy atom. The third kappa shape index (κ3) is 5.59. The molecule has 0 spiro atoms. The predicted molar refractivity (Wildman–Crippen MR) is 118 cm³/mol. The first-order valence-corrected chi connectivity index (χ1v) is 12.8. The second kappa shape index (κ2) is 9.31. The van der Waals surface area contributed by atoms with Gasteiger partial charge in [-0.25, -0.2) is 14.1 Å². The quantitative estimate of drug-likeness (QED) is 0.311. The van der Waals surface area contributed by atoms with Crippen molar-refractivity contribution in [3.63, 3.8) is 0 Å². The standard InChI is InChI=1S/C20H31FN4O5Si/c1-13-9-16(18(28-6)22-10-13)24-14(2)17(25(26)27)19(23-24)29-11-15(21)12-30-31(7,8)20(3,4)5/h9-10,15H,11-12H2,1-8H3. The smallest absolute Gasteiger partial charge is 0.353 e. The van der Waals surface area contributed by atoms with Crippen LogP contribution in [0.1, 0.15) is 32.0 Å². The monoisotopic (exact) mass is 454 g/mol. The molecule has 0 fully saturated rings. The number of hydrogen-bond donors (Lipinski definition) is 0. The van der Waals surface area contributed by atoms with E-state index in [-0.39, 0.29) is 34.8 Å². The van der Waals surface area contributed by atoms with Crippen molar-refractivity contribution >= 4 is 14.0 Å². The number of methoxy groups -OCH3 is 1. The maximum atomic E-state index is 14.5. The molecule has 9 nitrogen and oxygen atoms in total. The molecule has 0 aliphatic heterocycles. The minimum absolute atomic E-state index is 0.0524. The van der Waals surface area contributed by atoms with Gasteiger partial charge in [-0.1, -0.05) is 20.8 Å². The maximum absolute atomic E-state index is 14.5. The van der Waals surface area contributed by atoms with Crippen LogP contribution in [0.4, 0.5) is 10.1 Å². The molecule has 0 amide bonds. The van der Waals surface area contributed by atoms with Gasteiger partial charge in [0.05, 0.1) is 18.6 Å². The fraction of sp³-hybridized carbons (Fsp3) is 0.600. The summed E-state index contributed by atoms with van der Waals surface area (Å²) in [6.07, 6.45) is 0.164. The van der Waals surface area contributed by atoms with Gasteiger partial charge < -0.3 is 13.9 Å². The van der Waals surface area contributed by atoms with E-state index >= 15 is 0 Å². The largest absolute Gasteiger partial charge is 0.479 e. The van der Waals surface area contributed by atoms with E-state index in [0.29, 0.717) is 5.69 Å². The summed E-state index contributed by atoms with van der Waals surface area (Å²) in [6, 6.07) is 1.74. The highest BCUT2D eigenvalue weighted by atomic mass is 28.4. The topological polar surface area (TPSA) is 102 Å². The molecule has 2 aromatic rings. The fourth-order valence-corrected chi connectivity index (χ4v) is 3.62. The van der Waals surface area contributed by atoms with Crippen LogP contribution in [0, 0.1) is 24.0 Å². The Balaban J connectivity index is 2.24. The Kier molecular flexibility index (Phi) is 7.43. The third-order valence-electron chi connectivity index (χ3n) is 5.46. The molecule has 11 heteroatoms. The molecule has 1 unspecified atom stereocenters. The normalized spacial score (nSPS) is 13.2. The van der Waals surface area contributed by atoms with Gasteiger partial charge in [-0.3, -0.25) is 10.1 Å². The summed E-state index contributed by atoms with van der Waals surface area (Å²) in [5.74, 6) is -0.00942. The van der Waals surface area contributed by atoms with Crippen LogP contribution in [0.15, 0.2) is 12.3 Å². The number of halogens is 1. The minimum atomic E-state index is -2.11. The average molecular weight is 455 g/mol. The number of alkyl halides is 1. The lowest BCUT2D eigenvalue weighted by Gasteiger charge is -2.36. The van der Waals surface area contributed by atoms with Crippen molar-refractivity contribution in [3.8, 4) is 17.4 Å². The van der Waals surface area contributed by atoms with E-state index in [4.69, 9.17) is 13.9 Å². The fourth-order valence-electron chi connectivity index (χ4n) is 2.59. The number of pyridine rings is 1. The van der Waals surface area contributed by atoms with Gasteiger partial charge in [0.25, 0.3) is 0 Å². The van der Waals surface area contributed by atoms with Crippen molar-refractivity contribution in [1.29, 1.82) is 0 Å². The zero-order valence-corrected chi connectivity index (χ0v) is 20.4. The summed E-state index contributed by atoms with van der Waals surface area (Å²) < 4.78 is 32.3. The Morgan fingerprint density at radius 1 is 1.26 bits per heavy atom. The van der Waals surface area contributed by atoms with Crippen LogP contribution in [0.25, 0.3) is 5.69 Å². The van der Waals surface area contributed by atoms with Gasteiger partial charge in [-0.15, -0.1) is 5.10 Å². The Labute approximate surface area is 182 Å². The Bertz CT molecular complexity index is 942. The van der Waals surface area contributed by atoms with Gasteiger partial charge in [-0.2, -0.15) is 0 Å². The highest BCUT2D eigenvalue weighted by Crippen LogP contribution is 2.37. The van der Waals surface area contributed by atoms with Crippen LogP contribution >= 0.6 is 0 Å². The molecular formula is C20H31FN4O5Si. The molecule has 0 aliphatic rings. The molecule has 2 heterocycles. The molecule has 0 aromatic carbocycles. The van der Waals surface area contributed by atoms with Crippen molar-refractivity contribution in [2.24, 2.45) is 0 Å². The zero-order chi connectivity index (χ0) is 23.6. The van der Waals surface area contributed by atoms with Crippen molar-refractivity contribution in [2.45, 2.75) is 58.9 Å². The number of aryl methyl sites for hydroxylation is 1. The van der Waals surface area contributed by atoms with Crippen LogP contribution in [-0.2, 0) is 4.43 Å². The maximum Gasteiger partial charge on any atom is 0.353 e. The number of nitrogens with zero attached hydrogens (tertiary/aromatic N) is 4. The van der Waals surface area contributed by atoms with Crippen molar-refractivity contribution < 1.29 is 23.2 Å². The summed E-state index contributed by atoms with van der Waals surface area (Å²) >= 11 is 0. The molecule has 2 aromatic heterocycles. The highest BCUT2D eigenvalue weighted by Gasteiger charge is 2.38. The van der Waals surface area contributed by atoms with E-state index in [9.17, 15) is 14.5 Å². The van der Waals surface area contributed by atoms with Crippen LogP contribution in [-0.4, -0.2) is 54.5 Å². The molecular weight excluding hydrogens is 423 g/mol. The van der Waals surface area contributed by atoms with Gasteiger partial charge in [-0.05, 0) is 43.6 Å². The van der Waals surface area contributed by atoms with Gasteiger partial charge in [0, 0.05) is 6.20 Å². The van der Waals surface area contributed by atoms with Crippen molar-refractivity contribution in [1.82, 2.24) is 14.8 Å².